The van der Waals surface area contributed by atoms with E-state index in [4.69, 9.17) is 10.5 Å². The molecule has 1 aromatic carbocycles. The SMILES string of the molecule is NCCOc1cccc(NC(=O)NC2CCCC2)c1. The number of amides is 2. The molecule has 104 valence electrons. The first-order valence-electron chi connectivity index (χ1n) is 6.78. The minimum absolute atomic E-state index is 0.150. The van der Waals surface area contributed by atoms with Crippen LogP contribution in [0.4, 0.5) is 10.5 Å². The Bertz CT molecular complexity index is 417. The van der Waals surface area contributed by atoms with Crippen molar-refractivity contribution in [1.82, 2.24) is 5.32 Å². The van der Waals surface area contributed by atoms with Crippen LogP contribution < -0.4 is 21.1 Å². The lowest BCUT2D eigenvalue weighted by molar-refractivity contribution is 0.248. The summed E-state index contributed by atoms with van der Waals surface area (Å²) in [5, 5.41) is 5.80. The molecule has 0 bridgehead atoms. The summed E-state index contributed by atoms with van der Waals surface area (Å²) in [6.45, 7) is 0.942. The Morgan fingerprint density at radius 1 is 1.37 bits per heavy atom. The molecule has 0 saturated heterocycles. The van der Waals surface area contributed by atoms with E-state index in [9.17, 15) is 4.79 Å². The zero-order valence-corrected chi connectivity index (χ0v) is 11.0. The number of rotatable bonds is 5. The standard InChI is InChI=1S/C14H21N3O2/c15-8-9-19-13-7-3-6-12(10-13)17-14(18)16-11-4-1-2-5-11/h3,6-7,10-11H,1-2,4-5,8-9,15H2,(H2,16,17,18). The molecule has 0 heterocycles. The summed E-state index contributed by atoms with van der Waals surface area (Å²) in [7, 11) is 0. The van der Waals surface area contributed by atoms with Crippen LogP contribution in [0, 0.1) is 0 Å². The Morgan fingerprint density at radius 2 is 2.16 bits per heavy atom. The lowest BCUT2D eigenvalue weighted by Gasteiger charge is -2.13. The fraction of sp³-hybridized carbons (Fsp3) is 0.500. The van der Waals surface area contributed by atoms with E-state index in [0.29, 0.717) is 24.9 Å². The molecule has 0 aliphatic heterocycles. The van der Waals surface area contributed by atoms with Crippen molar-refractivity contribution in [2.75, 3.05) is 18.5 Å². The smallest absolute Gasteiger partial charge is 0.319 e. The molecule has 19 heavy (non-hydrogen) atoms. The number of carbonyl (C=O) groups is 1. The molecule has 0 atom stereocenters. The first-order chi connectivity index (χ1) is 9.28. The van der Waals surface area contributed by atoms with Gasteiger partial charge in [-0.05, 0) is 25.0 Å². The van der Waals surface area contributed by atoms with Crippen molar-refractivity contribution < 1.29 is 9.53 Å². The van der Waals surface area contributed by atoms with Gasteiger partial charge in [-0.2, -0.15) is 0 Å². The Hall–Kier alpha value is -1.75. The molecule has 0 spiro atoms. The fourth-order valence-corrected chi connectivity index (χ4v) is 2.26. The zero-order chi connectivity index (χ0) is 13.5. The third-order valence-electron chi connectivity index (χ3n) is 3.17. The minimum atomic E-state index is -0.150. The van der Waals surface area contributed by atoms with Crippen molar-refractivity contribution in [3.05, 3.63) is 24.3 Å². The molecule has 1 aliphatic carbocycles. The van der Waals surface area contributed by atoms with Gasteiger partial charge in [-0.1, -0.05) is 18.9 Å². The van der Waals surface area contributed by atoms with E-state index in [2.05, 4.69) is 10.6 Å². The molecule has 2 rings (SSSR count). The van der Waals surface area contributed by atoms with Gasteiger partial charge in [-0.25, -0.2) is 4.79 Å². The first-order valence-corrected chi connectivity index (χ1v) is 6.78. The quantitative estimate of drug-likeness (QED) is 0.761. The van der Waals surface area contributed by atoms with Crippen molar-refractivity contribution in [2.45, 2.75) is 31.7 Å². The lowest BCUT2D eigenvalue weighted by Crippen LogP contribution is -2.36. The molecule has 1 aliphatic rings. The lowest BCUT2D eigenvalue weighted by atomic mass is 10.2. The van der Waals surface area contributed by atoms with E-state index in [-0.39, 0.29) is 6.03 Å². The number of anilines is 1. The largest absolute Gasteiger partial charge is 0.492 e. The van der Waals surface area contributed by atoms with Crippen LogP contribution in [0.15, 0.2) is 24.3 Å². The highest BCUT2D eigenvalue weighted by atomic mass is 16.5. The average Bonchev–Trinajstić information content (AvgIpc) is 2.89. The molecule has 5 heteroatoms. The zero-order valence-electron chi connectivity index (χ0n) is 11.0. The van der Waals surface area contributed by atoms with Crippen LogP contribution in [0.2, 0.25) is 0 Å². The van der Waals surface area contributed by atoms with Crippen molar-refractivity contribution in [3.63, 3.8) is 0 Å². The molecule has 1 fully saturated rings. The van der Waals surface area contributed by atoms with Crippen molar-refractivity contribution in [1.29, 1.82) is 0 Å². The summed E-state index contributed by atoms with van der Waals surface area (Å²) >= 11 is 0. The molecule has 1 saturated carbocycles. The summed E-state index contributed by atoms with van der Waals surface area (Å²) in [6.07, 6.45) is 4.56. The van der Waals surface area contributed by atoms with E-state index in [1.54, 1.807) is 6.07 Å². The van der Waals surface area contributed by atoms with E-state index < -0.39 is 0 Å². The Morgan fingerprint density at radius 3 is 2.89 bits per heavy atom. The first kappa shape index (κ1) is 13.7. The summed E-state index contributed by atoms with van der Waals surface area (Å²) in [5.74, 6) is 0.712. The monoisotopic (exact) mass is 263 g/mol. The highest BCUT2D eigenvalue weighted by Gasteiger charge is 2.16. The van der Waals surface area contributed by atoms with Gasteiger partial charge >= 0.3 is 6.03 Å². The minimum Gasteiger partial charge on any atom is -0.492 e. The third-order valence-corrected chi connectivity index (χ3v) is 3.17. The second-order valence-electron chi connectivity index (χ2n) is 4.74. The maximum atomic E-state index is 11.8. The second-order valence-corrected chi connectivity index (χ2v) is 4.74. The topological polar surface area (TPSA) is 76.4 Å². The summed E-state index contributed by atoms with van der Waals surface area (Å²) < 4.78 is 5.41. The van der Waals surface area contributed by atoms with Gasteiger partial charge in [0.1, 0.15) is 12.4 Å². The van der Waals surface area contributed by atoms with E-state index in [1.165, 1.54) is 12.8 Å². The Kier molecular flexibility index (Phi) is 5.03. The second kappa shape index (κ2) is 6.99. The van der Waals surface area contributed by atoms with Gasteiger partial charge in [-0.15, -0.1) is 0 Å². The van der Waals surface area contributed by atoms with E-state index in [0.717, 1.165) is 18.5 Å². The molecular formula is C14H21N3O2. The van der Waals surface area contributed by atoms with E-state index >= 15 is 0 Å². The predicted octanol–water partition coefficient (Wildman–Crippen LogP) is 2.09. The number of benzene rings is 1. The van der Waals surface area contributed by atoms with Gasteiger partial charge in [0.2, 0.25) is 0 Å². The van der Waals surface area contributed by atoms with Gasteiger partial charge in [0.05, 0.1) is 0 Å². The molecular weight excluding hydrogens is 242 g/mol. The van der Waals surface area contributed by atoms with Crippen molar-refractivity contribution >= 4 is 11.7 Å². The fourth-order valence-electron chi connectivity index (χ4n) is 2.26. The van der Waals surface area contributed by atoms with Crippen LogP contribution in [0.25, 0.3) is 0 Å². The normalized spacial score (nSPS) is 15.2. The highest BCUT2D eigenvalue weighted by Crippen LogP contribution is 2.19. The van der Waals surface area contributed by atoms with Crippen molar-refractivity contribution in [3.8, 4) is 5.75 Å². The van der Waals surface area contributed by atoms with Crippen LogP contribution in [0.3, 0.4) is 0 Å². The van der Waals surface area contributed by atoms with Gasteiger partial charge in [-0.3, -0.25) is 0 Å². The maximum Gasteiger partial charge on any atom is 0.319 e. The van der Waals surface area contributed by atoms with Gasteiger partial charge in [0.25, 0.3) is 0 Å². The molecule has 0 unspecified atom stereocenters. The molecule has 4 N–H and O–H groups in total. The maximum absolute atomic E-state index is 11.8. The molecule has 5 nitrogen and oxygen atoms in total. The van der Waals surface area contributed by atoms with Gasteiger partial charge < -0.3 is 21.1 Å². The number of hydrogen-bond donors (Lipinski definition) is 3. The van der Waals surface area contributed by atoms with Crippen LogP contribution in [0.5, 0.6) is 5.75 Å². The van der Waals surface area contributed by atoms with Crippen LogP contribution in [-0.2, 0) is 0 Å². The summed E-state index contributed by atoms with van der Waals surface area (Å²) in [5.41, 5.74) is 6.11. The van der Waals surface area contributed by atoms with Crippen LogP contribution >= 0.6 is 0 Å². The molecule has 1 aromatic rings. The Labute approximate surface area is 113 Å². The van der Waals surface area contributed by atoms with Crippen LogP contribution in [-0.4, -0.2) is 25.2 Å². The predicted molar refractivity (Wildman–Crippen MR) is 75.4 cm³/mol. The number of nitrogens with two attached hydrogens (primary N) is 1. The Balaban J connectivity index is 1.85. The molecule has 0 radical (unpaired) electrons. The van der Waals surface area contributed by atoms with Crippen LogP contribution in [0.1, 0.15) is 25.7 Å². The third kappa shape index (κ3) is 4.44. The van der Waals surface area contributed by atoms with E-state index in [1.807, 2.05) is 18.2 Å². The highest BCUT2D eigenvalue weighted by molar-refractivity contribution is 5.89. The molecule has 2 amide bonds. The molecule has 0 aromatic heterocycles. The van der Waals surface area contributed by atoms with Gasteiger partial charge in [0, 0.05) is 24.3 Å². The average molecular weight is 263 g/mol. The number of urea groups is 1. The van der Waals surface area contributed by atoms with Crippen molar-refractivity contribution in [2.24, 2.45) is 5.73 Å². The number of hydrogen-bond acceptors (Lipinski definition) is 3. The number of ether oxygens (including phenoxy) is 1. The number of carbonyl (C=O) groups excluding carboxylic acids is 1. The summed E-state index contributed by atoms with van der Waals surface area (Å²) in [4.78, 5) is 11.8. The summed E-state index contributed by atoms with van der Waals surface area (Å²) in [6, 6.07) is 7.49. The van der Waals surface area contributed by atoms with Gasteiger partial charge in [0.15, 0.2) is 0 Å². The number of nitrogens with one attached hydrogen (secondary N) is 2.